The van der Waals surface area contributed by atoms with Gasteiger partial charge in [0.15, 0.2) is 0 Å². The highest BCUT2D eigenvalue weighted by Crippen LogP contribution is 2.38. The number of halogens is 1. The van der Waals surface area contributed by atoms with Gasteiger partial charge in [-0.25, -0.2) is 10.1 Å². The Bertz CT molecular complexity index is 475. The molecule has 0 aliphatic rings. The number of hydrogen-bond donors (Lipinski definition) is 5. The van der Waals surface area contributed by atoms with E-state index in [9.17, 15) is 4.57 Å². The molecule has 0 aliphatic heterocycles. The standard InChI is InChI=1S/C9H19N5O4PS.BrH/c1-3-11-19(17,12-4-5-20)18-7-8-6-10-9(13(8)2)14(15)16;/h6,15-16,20H,1,3-5,7H2,2H3,(H2,11,12,17);1H/q-1;/p-1/t19-;/m0./s1. The first-order valence-corrected chi connectivity index (χ1v) is 8.02. The van der Waals surface area contributed by atoms with E-state index in [2.05, 4.69) is 34.7 Å². The summed E-state index contributed by atoms with van der Waals surface area (Å²) in [5.41, 5.74) is 0.520. The zero-order chi connectivity index (χ0) is 15.2. The van der Waals surface area contributed by atoms with Crippen molar-refractivity contribution in [2.45, 2.75) is 6.61 Å². The Morgan fingerprint density at radius 2 is 2.24 bits per heavy atom. The van der Waals surface area contributed by atoms with E-state index >= 15 is 0 Å². The molecular formula is C9H19BrN5O4PS-2. The second-order valence-corrected chi connectivity index (χ2v) is 6.20. The number of thiol groups is 1. The summed E-state index contributed by atoms with van der Waals surface area (Å²) in [4.78, 5) is 3.78. The van der Waals surface area contributed by atoms with E-state index in [4.69, 9.17) is 14.9 Å². The molecule has 0 spiro atoms. The molecule has 0 radical (unpaired) electrons. The number of nitrogens with one attached hydrogen (secondary N) is 2. The lowest BCUT2D eigenvalue weighted by Crippen LogP contribution is -3.00. The van der Waals surface area contributed by atoms with E-state index in [1.165, 1.54) is 10.8 Å². The molecule has 1 aromatic rings. The van der Waals surface area contributed by atoms with Crippen LogP contribution < -0.4 is 32.4 Å². The first-order valence-electron chi connectivity index (χ1n) is 5.77. The third-order valence-electron chi connectivity index (χ3n) is 2.38. The van der Waals surface area contributed by atoms with Crippen molar-refractivity contribution in [2.24, 2.45) is 7.05 Å². The van der Waals surface area contributed by atoms with Crippen molar-refractivity contribution < 1.29 is 36.5 Å². The van der Waals surface area contributed by atoms with Gasteiger partial charge in [-0.1, -0.05) is 5.23 Å². The largest absolute Gasteiger partial charge is 1.00 e. The van der Waals surface area contributed by atoms with Gasteiger partial charge in [0.05, 0.1) is 18.5 Å². The van der Waals surface area contributed by atoms with Crippen LogP contribution in [0, 0.1) is 6.92 Å². The quantitative estimate of drug-likeness (QED) is 0.134. The van der Waals surface area contributed by atoms with Gasteiger partial charge in [0, 0.05) is 19.3 Å². The topological polar surface area (TPSA) is 112 Å². The van der Waals surface area contributed by atoms with Crippen LogP contribution in [-0.4, -0.2) is 38.8 Å². The first kappa shape index (κ1) is 20.9. The average molecular weight is 404 g/mol. The number of aromatic nitrogens is 2. The molecular weight excluding hydrogens is 385 g/mol. The van der Waals surface area contributed by atoms with Gasteiger partial charge in [-0.15, -0.1) is 6.54 Å². The highest BCUT2D eigenvalue weighted by molar-refractivity contribution is 7.80. The van der Waals surface area contributed by atoms with E-state index < -0.39 is 7.67 Å². The van der Waals surface area contributed by atoms with Crippen molar-refractivity contribution in [3.63, 3.8) is 0 Å². The Labute approximate surface area is 139 Å². The predicted octanol–water partition coefficient (Wildman–Crippen LogP) is -2.42. The maximum absolute atomic E-state index is 12.3. The van der Waals surface area contributed by atoms with E-state index in [0.29, 0.717) is 18.0 Å². The Hall–Kier alpha value is -0.130. The summed E-state index contributed by atoms with van der Waals surface area (Å²) in [6.07, 6.45) is 1.39. The number of anilines is 1. The molecule has 21 heavy (non-hydrogen) atoms. The van der Waals surface area contributed by atoms with Crippen LogP contribution in [0.4, 0.5) is 5.95 Å². The van der Waals surface area contributed by atoms with Crippen molar-refractivity contribution in [3.05, 3.63) is 18.8 Å². The van der Waals surface area contributed by atoms with E-state index in [0.717, 1.165) is 0 Å². The Kier molecular flexibility index (Phi) is 9.74. The van der Waals surface area contributed by atoms with Crippen LogP contribution in [0.2, 0.25) is 0 Å². The van der Waals surface area contributed by atoms with Gasteiger partial charge in [-0.3, -0.25) is 24.6 Å². The van der Waals surface area contributed by atoms with Crippen LogP contribution >= 0.6 is 20.3 Å². The van der Waals surface area contributed by atoms with Crippen LogP contribution in [0.5, 0.6) is 0 Å². The summed E-state index contributed by atoms with van der Waals surface area (Å²) in [6.45, 7) is 4.18. The number of hydrogen-bond acceptors (Lipinski definition) is 7. The van der Waals surface area contributed by atoms with Crippen molar-refractivity contribution in [3.8, 4) is 0 Å². The molecule has 124 valence electrons. The molecule has 0 amide bonds. The molecule has 1 atom stereocenters. The van der Waals surface area contributed by atoms with Crippen LogP contribution in [0.25, 0.3) is 0 Å². The normalized spacial score (nSPS) is 13.6. The minimum Gasteiger partial charge on any atom is -1.00 e. The smallest absolute Gasteiger partial charge is 0.338 e. The molecule has 0 aromatic carbocycles. The summed E-state index contributed by atoms with van der Waals surface area (Å²) in [5.74, 6) is 0.429. The fourth-order valence-corrected chi connectivity index (χ4v) is 3.00. The zero-order valence-electron chi connectivity index (χ0n) is 11.4. The van der Waals surface area contributed by atoms with Crippen molar-refractivity contribution in [1.82, 2.24) is 19.7 Å². The number of imidazole rings is 1. The summed E-state index contributed by atoms with van der Waals surface area (Å²) < 4.78 is 19.1. The zero-order valence-corrected chi connectivity index (χ0v) is 14.8. The van der Waals surface area contributed by atoms with Gasteiger partial charge >= 0.3 is 7.67 Å². The summed E-state index contributed by atoms with van der Waals surface area (Å²) in [7, 11) is -1.66. The average Bonchev–Trinajstić information content (AvgIpc) is 2.76. The highest BCUT2D eigenvalue weighted by Gasteiger charge is 2.21. The lowest BCUT2D eigenvalue weighted by atomic mass is 10.5. The van der Waals surface area contributed by atoms with Gasteiger partial charge in [0.25, 0.3) is 5.95 Å². The Balaban J connectivity index is 0.00000400. The Morgan fingerprint density at radius 3 is 2.71 bits per heavy atom. The highest BCUT2D eigenvalue weighted by atomic mass is 79.9. The molecule has 0 fully saturated rings. The van der Waals surface area contributed by atoms with E-state index in [-0.39, 0.29) is 41.3 Å². The maximum atomic E-state index is 12.3. The van der Waals surface area contributed by atoms with Crippen molar-refractivity contribution in [2.75, 3.05) is 24.1 Å². The molecule has 4 N–H and O–H groups in total. The molecule has 1 rings (SSSR count). The SMILES string of the molecule is [Br-].[CH2-]CN[P@@](=O)(NCCS)OCc1cnc(N(O)O)n1C. The molecule has 1 aromatic heterocycles. The lowest BCUT2D eigenvalue weighted by Gasteiger charge is -2.21. The molecule has 9 nitrogen and oxygen atoms in total. The second-order valence-electron chi connectivity index (χ2n) is 3.76. The lowest BCUT2D eigenvalue weighted by molar-refractivity contribution is -0.0000351. The monoisotopic (exact) mass is 403 g/mol. The minimum absolute atomic E-state index is 0. The van der Waals surface area contributed by atoms with Gasteiger partial charge in [0.2, 0.25) is 0 Å². The fourth-order valence-electron chi connectivity index (χ4n) is 1.40. The number of nitrogens with zero attached hydrogens (tertiary/aromatic N) is 3. The van der Waals surface area contributed by atoms with Crippen molar-refractivity contribution >= 4 is 26.2 Å². The molecule has 0 aliphatic carbocycles. The number of rotatable bonds is 9. The van der Waals surface area contributed by atoms with Gasteiger partial charge in [-0.05, 0) is 0 Å². The first-order chi connectivity index (χ1) is 9.43. The molecule has 0 saturated carbocycles. The van der Waals surface area contributed by atoms with Crippen LogP contribution in [-0.2, 0) is 22.7 Å². The maximum Gasteiger partial charge on any atom is 0.338 e. The third-order valence-corrected chi connectivity index (χ3v) is 4.38. The van der Waals surface area contributed by atoms with E-state index in [1.54, 1.807) is 7.05 Å². The minimum atomic E-state index is -3.23. The third kappa shape index (κ3) is 6.25. The summed E-state index contributed by atoms with van der Waals surface area (Å²) in [6, 6.07) is 0. The van der Waals surface area contributed by atoms with Gasteiger partial charge in [0.1, 0.15) is 0 Å². The molecule has 1 heterocycles. The van der Waals surface area contributed by atoms with Crippen molar-refractivity contribution in [1.29, 1.82) is 0 Å². The van der Waals surface area contributed by atoms with Gasteiger partial charge in [-0.2, -0.15) is 12.6 Å². The second kappa shape index (κ2) is 9.80. The van der Waals surface area contributed by atoms with Crippen LogP contribution in [0.15, 0.2) is 6.20 Å². The van der Waals surface area contributed by atoms with E-state index in [1.807, 2.05) is 0 Å². The summed E-state index contributed by atoms with van der Waals surface area (Å²) in [5, 5.41) is 23.1. The van der Waals surface area contributed by atoms with Crippen LogP contribution in [0.3, 0.4) is 0 Å². The molecule has 0 saturated heterocycles. The molecule has 0 bridgehead atoms. The van der Waals surface area contributed by atoms with Gasteiger partial charge < -0.3 is 28.5 Å². The fraction of sp³-hybridized carbons (Fsp3) is 0.556. The summed E-state index contributed by atoms with van der Waals surface area (Å²) >= 11 is 4.02. The van der Waals surface area contributed by atoms with Crippen LogP contribution in [0.1, 0.15) is 5.69 Å². The Morgan fingerprint density at radius 1 is 1.57 bits per heavy atom. The molecule has 0 unspecified atom stereocenters. The predicted molar refractivity (Wildman–Crippen MR) is 76.9 cm³/mol. The molecule has 12 heteroatoms.